The van der Waals surface area contributed by atoms with Crippen LogP contribution in [0.15, 0.2) is 0 Å². The third-order valence-corrected chi connectivity index (χ3v) is 1.69. The van der Waals surface area contributed by atoms with E-state index in [-0.39, 0.29) is 0 Å². The molecule has 0 aromatic carbocycles. The van der Waals surface area contributed by atoms with Crippen LogP contribution in [-0.4, -0.2) is 22.3 Å². The van der Waals surface area contributed by atoms with Crippen molar-refractivity contribution in [1.29, 1.82) is 0 Å². The van der Waals surface area contributed by atoms with Crippen molar-refractivity contribution in [2.75, 3.05) is 0 Å². The van der Waals surface area contributed by atoms with Gasteiger partial charge in [-0.15, -0.1) is 13.2 Å². The monoisotopic (exact) mass is 354 g/mol. The first-order valence-corrected chi connectivity index (χ1v) is 4.78. The molecule has 0 amide bonds. The van der Waals surface area contributed by atoms with E-state index in [1.807, 2.05) is 0 Å². The molecular formula is C6H6F7IO. The zero-order chi connectivity index (χ0) is 12.5. The van der Waals surface area contributed by atoms with Gasteiger partial charge in [-0.25, -0.2) is 9.13 Å². The van der Waals surface area contributed by atoms with Gasteiger partial charge < -0.3 is 0 Å². The van der Waals surface area contributed by atoms with Crippen molar-refractivity contribution < 1.29 is 35.5 Å². The second kappa shape index (κ2) is 4.60. The van der Waals surface area contributed by atoms with E-state index < -0.39 is 28.7 Å². The first-order valence-electron chi connectivity index (χ1n) is 3.54. The predicted octanol–water partition coefficient (Wildman–Crippen LogP) is 3.96. The van der Waals surface area contributed by atoms with Crippen molar-refractivity contribution in [3.63, 3.8) is 0 Å². The highest BCUT2D eigenvalue weighted by Crippen LogP contribution is 2.43. The van der Waals surface area contributed by atoms with E-state index in [0.29, 0.717) is 0 Å². The van der Waals surface area contributed by atoms with Gasteiger partial charge in [-0.1, -0.05) is 29.5 Å². The number of hydrogen-bond acceptors (Lipinski definition) is 1. The zero-order valence-electron chi connectivity index (χ0n) is 7.22. The molecule has 0 saturated heterocycles. The molecule has 0 aromatic rings. The molecule has 92 valence electrons. The molecule has 0 saturated carbocycles. The van der Waals surface area contributed by atoms with Crippen LogP contribution in [0.5, 0.6) is 0 Å². The van der Waals surface area contributed by atoms with Gasteiger partial charge in [0, 0.05) is 10.3 Å². The standard InChI is InChI=1S/C6H6F7IO/c1-3(14)2-4(7,5(8,9)10)15-6(11,12)13/h3H,2H2,1H3. The maximum absolute atomic E-state index is 13.0. The maximum Gasteiger partial charge on any atom is 0.525 e. The molecular weight excluding hydrogens is 348 g/mol. The van der Waals surface area contributed by atoms with E-state index in [9.17, 15) is 30.7 Å². The SMILES string of the molecule is CC(I)CC(F)(OC(F)(F)F)C(F)(F)F. The van der Waals surface area contributed by atoms with Crippen molar-refractivity contribution in [3.05, 3.63) is 0 Å². The molecule has 0 bridgehead atoms. The average molecular weight is 354 g/mol. The van der Waals surface area contributed by atoms with Gasteiger partial charge in [-0.05, 0) is 0 Å². The van der Waals surface area contributed by atoms with Gasteiger partial charge in [0.25, 0.3) is 0 Å². The minimum atomic E-state index is -5.72. The van der Waals surface area contributed by atoms with Crippen molar-refractivity contribution >= 4 is 22.6 Å². The molecule has 0 aliphatic carbocycles. The van der Waals surface area contributed by atoms with Gasteiger partial charge in [0.2, 0.25) is 0 Å². The van der Waals surface area contributed by atoms with E-state index in [2.05, 4.69) is 4.74 Å². The molecule has 2 unspecified atom stereocenters. The minimum absolute atomic E-state index is 0.962. The highest BCUT2D eigenvalue weighted by molar-refractivity contribution is 14.1. The minimum Gasteiger partial charge on any atom is -0.245 e. The van der Waals surface area contributed by atoms with Crippen LogP contribution in [0.2, 0.25) is 0 Å². The number of alkyl halides is 8. The number of ether oxygens (including phenoxy) is 1. The lowest BCUT2D eigenvalue weighted by molar-refractivity contribution is -0.448. The smallest absolute Gasteiger partial charge is 0.245 e. The van der Waals surface area contributed by atoms with Gasteiger partial charge in [-0.3, -0.25) is 0 Å². The lowest BCUT2D eigenvalue weighted by Crippen LogP contribution is -2.48. The summed E-state index contributed by atoms with van der Waals surface area (Å²) in [4.78, 5) is 0. The van der Waals surface area contributed by atoms with E-state index in [0.717, 1.165) is 6.92 Å². The van der Waals surface area contributed by atoms with Crippen LogP contribution in [0.25, 0.3) is 0 Å². The molecule has 0 N–H and O–H groups in total. The number of hydrogen-bond donors (Lipinski definition) is 0. The average Bonchev–Trinajstić information content (AvgIpc) is 1.75. The molecule has 0 fully saturated rings. The molecule has 9 heteroatoms. The maximum atomic E-state index is 13.0. The fourth-order valence-electron chi connectivity index (χ4n) is 0.760. The fraction of sp³-hybridized carbons (Fsp3) is 1.00. The second-order valence-corrected chi connectivity index (χ2v) is 4.89. The number of rotatable bonds is 3. The Kier molecular flexibility index (Phi) is 4.66. The van der Waals surface area contributed by atoms with Gasteiger partial charge in [0.1, 0.15) is 0 Å². The molecule has 2 atom stereocenters. The van der Waals surface area contributed by atoms with Crippen LogP contribution in [0.3, 0.4) is 0 Å². The first-order chi connectivity index (χ1) is 6.37. The Bertz CT molecular complexity index is 211. The zero-order valence-corrected chi connectivity index (χ0v) is 9.37. The lowest BCUT2D eigenvalue weighted by Gasteiger charge is -2.29. The van der Waals surface area contributed by atoms with Gasteiger partial charge in [0.05, 0.1) is 0 Å². The quantitative estimate of drug-likeness (QED) is 0.424. The van der Waals surface area contributed by atoms with E-state index in [1.165, 1.54) is 22.6 Å². The van der Waals surface area contributed by atoms with E-state index >= 15 is 0 Å². The summed E-state index contributed by atoms with van der Waals surface area (Å²) in [5.74, 6) is -4.69. The largest absolute Gasteiger partial charge is 0.525 e. The molecule has 0 heterocycles. The molecule has 0 aromatic heterocycles. The summed E-state index contributed by atoms with van der Waals surface area (Å²) in [7, 11) is 0. The predicted molar refractivity (Wildman–Crippen MR) is 45.1 cm³/mol. The van der Waals surface area contributed by atoms with Crippen LogP contribution < -0.4 is 0 Å². The summed E-state index contributed by atoms with van der Waals surface area (Å²) in [6.45, 7) is 1.14. The molecule has 0 rings (SSSR count). The summed E-state index contributed by atoms with van der Waals surface area (Å²) in [6, 6.07) is 0. The molecule has 0 aliphatic rings. The Morgan fingerprint density at radius 1 is 1.07 bits per heavy atom. The second-order valence-electron chi connectivity index (χ2n) is 2.76. The van der Waals surface area contributed by atoms with Crippen molar-refractivity contribution in [3.8, 4) is 0 Å². The van der Waals surface area contributed by atoms with Crippen LogP contribution in [0.1, 0.15) is 13.3 Å². The van der Waals surface area contributed by atoms with E-state index in [4.69, 9.17) is 0 Å². The Morgan fingerprint density at radius 3 is 1.67 bits per heavy atom. The normalized spacial score (nSPS) is 19.8. The van der Waals surface area contributed by atoms with Crippen LogP contribution in [0.4, 0.5) is 30.7 Å². The van der Waals surface area contributed by atoms with Gasteiger partial charge in [0.15, 0.2) is 0 Å². The molecule has 15 heavy (non-hydrogen) atoms. The van der Waals surface area contributed by atoms with Crippen molar-refractivity contribution in [1.82, 2.24) is 0 Å². The third kappa shape index (κ3) is 5.18. The summed E-state index contributed by atoms with van der Waals surface area (Å²) >= 11 is 1.37. The highest BCUT2D eigenvalue weighted by Gasteiger charge is 2.62. The first kappa shape index (κ1) is 15.2. The number of halogens is 8. The fourth-order valence-corrected chi connectivity index (χ4v) is 1.33. The highest BCUT2D eigenvalue weighted by atomic mass is 127. The molecule has 1 nitrogen and oxygen atoms in total. The van der Waals surface area contributed by atoms with Gasteiger partial charge in [-0.2, -0.15) is 13.2 Å². The summed E-state index contributed by atoms with van der Waals surface area (Å²) in [5, 5.41) is 0. The summed E-state index contributed by atoms with van der Waals surface area (Å²) < 4.78 is 85.2. The Labute approximate surface area is 94.1 Å². The molecule has 0 radical (unpaired) electrons. The molecule has 0 aliphatic heterocycles. The Balaban J connectivity index is 4.88. The van der Waals surface area contributed by atoms with Crippen molar-refractivity contribution in [2.24, 2.45) is 0 Å². The van der Waals surface area contributed by atoms with Crippen LogP contribution in [0, 0.1) is 0 Å². The molecule has 0 spiro atoms. The van der Waals surface area contributed by atoms with Crippen LogP contribution >= 0.6 is 22.6 Å². The van der Waals surface area contributed by atoms with Gasteiger partial charge >= 0.3 is 18.4 Å². The lowest BCUT2D eigenvalue weighted by atomic mass is 10.1. The Morgan fingerprint density at radius 2 is 1.47 bits per heavy atom. The topological polar surface area (TPSA) is 9.23 Å². The Hall–Kier alpha value is 0.200. The summed E-state index contributed by atoms with van der Waals surface area (Å²) in [5.41, 5.74) is 0. The third-order valence-electron chi connectivity index (χ3n) is 1.24. The van der Waals surface area contributed by atoms with Crippen LogP contribution in [-0.2, 0) is 4.74 Å². The summed E-state index contributed by atoms with van der Waals surface area (Å²) in [6.07, 6.45) is -12.8. The van der Waals surface area contributed by atoms with E-state index in [1.54, 1.807) is 0 Å². The van der Waals surface area contributed by atoms with Crippen molar-refractivity contribution in [2.45, 2.75) is 35.7 Å².